The van der Waals surface area contributed by atoms with Crippen LogP contribution in [0.1, 0.15) is 5.56 Å². The Morgan fingerprint density at radius 2 is 2.27 bits per heavy atom. The fraction of sp³-hybridized carbons (Fsp3) is 0.200. The number of carbonyl (C=O) groups excluding carboxylic acids is 1. The molecule has 0 amide bonds. The van der Waals surface area contributed by atoms with Gasteiger partial charge in [-0.05, 0) is 6.07 Å². The van der Waals surface area contributed by atoms with Gasteiger partial charge in [-0.1, -0.05) is 23.4 Å². The number of aliphatic hydroxyl groups excluding tert-OH is 1. The topological polar surface area (TPSA) is 68.1 Å². The lowest BCUT2D eigenvalue weighted by Gasteiger charge is -2.05. The van der Waals surface area contributed by atoms with Gasteiger partial charge in [0.15, 0.2) is 6.21 Å². The number of aliphatic hydroxyl groups is 1. The zero-order chi connectivity index (χ0) is 11.1. The Kier molecular flexibility index (Phi) is 4.30. The Bertz CT molecular complexity index is 362. The summed E-state index contributed by atoms with van der Waals surface area (Å²) in [4.78, 5) is 15.4. The minimum Gasteiger partial charge on any atom is -0.422 e. The van der Waals surface area contributed by atoms with Crippen molar-refractivity contribution in [2.24, 2.45) is 5.16 Å². The number of benzene rings is 1. The molecule has 1 N–H and O–H groups in total. The Morgan fingerprint density at radius 3 is 2.93 bits per heavy atom. The maximum atomic E-state index is 11.1. The second-order valence-electron chi connectivity index (χ2n) is 2.60. The molecule has 0 radical (unpaired) electrons. The summed E-state index contributed by atoms with van der Waals surface area (Å²) < 4.78 is 4.91. The number of hydrogen-bond acceptors (Lipinski definition) is 5. The van der Waals surface area contributed by atoms with E-state index in [0.717, 1.165) is 6.21 Å². The van der Waals surface area contributed by atoms with Gasteiger partial charge in [0, 0.05) is 5.56 Å². The largest absolute Gasteiger partial charge is 0.422 e. The molecule has 0 saturated heterocycles. The van der Waals surface area contributed by atoms with E-state index < -0.39 is 5.97 Å². The standard InChI is InChI=1S/C10H11NO4/c1-14-11-6-10(13)15-9-5-3-2-4-8(9)7-12/h2-6,12H,7H2,1H3. The summed E-state index contributed by atoms with van der Waals surface area (Å²) >= 11 is 0. The highest BCUT2D eigenvalue weighted by atomic mass is 16.6. The van der Waals surface area contributed by atoms with Gasteiger partial charge >= 0.3 is 5.97 Å². The van der Waals surface area contributed by atoms with Crippen LogP contribution < -0.4 is 4.74 Å². The van der Waals surface area contributed by atoms with Crippen molar-refractivity contribution in [1.82, 2.24) is 0 Å². The molecule has 0 saturated carbocycles. The van der Waals surface area contributed by atoms with Crippen LogP contribution in [0.5, 0.6) is 5.75 Å². The molecule has 15 heavy (non-hydrogen) atoms. The molecule has 0 aliphatic heterocycles. The number of esters is 1. The molecule has 0 aliphatic carbocycles. The van der Waals surface area contributed by atoms with Crippen molar-refractivity contribution in [1.29, 1.82) is 0 Å². The van der Waals surface area contributed by atoms with E-state index in [1.165, 1.54) is 7.11 Å². The lowest BCUT2D eigenvalue weighted by molar-refractivity contribution is -0.126. The quantitative estimate of drug-likeness (QED) is 0.343. The molecule has 80 valence electrons. The average Bonchev–Trinajstić information content (AvgIpc) is 2.27. The van der Waals surface area contributed by atoms with Crippen LogP contribution in [0.15, 0.2) is 29.4 Å². The number of ether oxygens (including phenoxy) is 1. The summed E-state index contributed by atoms with van der Waals surface area (Å²) in [5.41, 5.74) is 0.539. The third-order valence-corrected chi connectivity index (χ3v) is 1.62. The number of carbonyl (C=O) groups is 1. The van der Waals surface area contributed by atoms with Crippen LogP contribution in [0.25, 0.3) is 0 Å². The average molecular weight is 209 g/mol. The number of nitrogens with zero attached hydrogens (tertiary/aromatic N) is 1. The van der Waals surface area contributed by atoms with E-state index >= 15 is 0 Å². The molecule has 0 aliphatic rings. The van der Waals surface area contributed by atoms with Crippen LogP contribution in [0.3, 0.4) is 0 Å². The van der Waals surface area contributed by atoms with Crippen molar-refractivity contribution >= 4 is 12.2 Å². The van der Waals surface area contributed by atoms with Crippen molar-refractivity contribution < 1.29 is 19.5 Å². The summed E-state index contributed by atoms with van der Waals surface area (Å²) in [5, 5.41) is 12.2. The fourth-order valence-corrected chi connectivity index (χ4v) is 0.964. The van der Waals surface area contributed by atoms with Gasteiger partial charge in [-0.25, -0.2) is 4.79 Å². The van der Waals surface area contributed by atoms with Crippen molar-refractivity contribution in [3.05, 3.63) is 29.8 Å². The van der Waals surface area contributed by atoms with Gasteiger partial charge in [-0.3, -0.25) is 0 Å². The molecule has 0 atom stereocenters. The van der Waals surface area contributed by atoms with E-state index in [1.54, 1.807) is 24.3 Å². The van der Waals surface area contributed by atoms with E-state index in [0.29, 0.717) is 11.3 Å². The molecule has 0 aromatic heterocycles. The third-order valence-electron chi connectivity index (χ3n) is 1.62. The Hall–Kier alpha value is -1.88. The summed E-state index contributed by atoms with van der Waals surface area (Å²) in [6.07, 6.45) is 0.911. The first kappa shape index (κ1) is 11.2. The summed E-state index contributed by atoms with van der Waals surface area (Å²) in [6.45, 7) is -0.190. The number of hydrogen-bond donors (Lipinski definition) is 1. The van der Waals surface area contributed by atoms with Gasteiger partial charge in [-0.2, -0.15) is 0 Å². The molecule has 0 bridgehead atoms. The van der Waals surface area contributed by atoms with Crippen molar-refractivity contribution in [3.63, 3.8) is 0 Å². The number of para-hydroxylation sites is 1. The third kappa shape index (κ3) is 3.40. The number of rotatable bonds is 4. The predicted molar refractivity (Wildman–Crippen MR) is 53.5 cm³/mol. The highest BCUT2D eigenvalue weighted by Gasteiger charge is 2.05. The van der Waals surface area contributed by atoms with Crippen LogP contribution in [-0.4, -0.2) is 24.4 Å². The molecule has 5 nitrogen and oxygen atoms in total. The normalized spacial score (nSPS) is 10.3. The molecule has 1 aromatic rings. The van der Waals surface area contributed by atoms with E-state index in [1.807, 2.05) is 0 Å². The smallest absolute Gasteiger partial charge is 0.358 e. The summed E-state index contributed by atoms with van der Waals surface area (Å²) in [6, 6.07) is 6.70. The first-order chi connectivity index (χ1) is 7.27. The highest BCUT2D eigenvalue weighted by molar-refractivity contribution is 6.23. The van der Waals surface area contributed by atoms with Crippen LogP contribution in [0, 0.1) is 0 Å². The fourth-order valence-electron chi connectivity index (χ4n) is 0.964. The molecule has 0 heterocycles. The molecular formula is C10H11NO4. The first-order valence-corrected chi connectivity index (χ1v) is 4.25. The van der Waals surface area contributed by atoms with Gasteiger partial charge in [0.05, 0.1) is 6.61 Å². The maximum Gasteiger partial charge on any atom is 0.358 e. The summed E-state index contributed by atoms with van der Waals surface area (Å²) in [7, 11) is 1.32. The Balaban J connectivity index is 2.71. The summed E-state index contributed by atoms with van der Waals surface area (Å²) in [5.74, 6) is -0.342. The van der Waals surface area contributed by atoms with Gasteiger partial charge in [-0.15, -0.1) is 0 Å². The molecule has 0 unspecified atom stereocenters. The van der Waals surface area contributed by atoms with Crippen molar-refractivity contribution in [2.75, 3.05) is 7.11 Å². The molecular weight excluding hydrogens is 198 g/mol. The zero-order valence-electron chi connectivity index (χ0n) is 8.21. The van der Waals surface area contributed by atoms with Crippen LogP contribution in [0.4, 0.5) is 0 Å². The van der Waals surface area contributed by atoms with Crippen molar-refractivity contribution in [3.8, 4) is 5.75 Å². The molecule has 1 aromatic carbocycles. The minimum atomic E-state index is -0.655. The van der Waals surface area contributed by atoms with Gasteiger partial charge in [0.25, 0.3) is 0 Å². The lowest BCUT2D eigenvalue weighted by Crippen LogP contribution is -2.10. The van der Waals surface area contributed by atoms with E-state index in [2.05, 4.69) is 9.99 Å². The first-order valence-electron chi connectivity index (χ1n) is 4.25. The lowest BCUT2D eigenvalue weighted by atomic mass is 10.2. The second kappa shape index (κ2) is 5.77. The monoisotopic (exact) mass is 209 g/mol. The minimum absolute atomic E-state index is 0.190. The Labute approximate surface area is 86.9 Å². The van der Waals surface area contributed by atoms with E-state index in [-0.39, 0.29) is 6.61 Å². The number of oxime groups is 1. The molecule has 0 fully saturated rings. The SMILES string of the molecule is CON=CC(=O)Oc1ccccc1CO. The maximum absolute atomic E-state index is 11.1. The molecule has 0 spiro atoms. The van der Waals surface area contributed by atoms with Gasteiger partial charge < -0.3 is 14.7 Å². The van der Waals surface area contributed by atoms with Gasteiger partial charge in [0.2, 0.25) is 0 Å². The van der Waals surface area contributed by atoms with Gasteiger partial charge in [0.1, 0.15) is 12.9 Å². The second-order valence-corrected chi connectivity index (χ2v) is 2.60. The zero-order valence-corrected chi connectivity index (χ0v) is 8.21. The molecule has 5 heteroatoms. The van der Waals surface area contributed by atoms with E-state index in [9.17, 15) is 4.79 Å². The Morgan fingerprint density at radius 1 is 1.53 bits per heavy atom. The molecule has 1 rings (SSSR count). The van der Waals surface area contributed by atoms with Crippen LogP contribution in [-0.2, 0) is 16.2 Å². The predicted octanol–water partition coefficient (Wildman–Crippen LogP) is 0.717. The van der Waals surface area contributed by atoms with Crippen molar-refractivity contribution in [2.45, 2.75) is 6.61 Å². The van der Waals surface area contributed by atoms with E-state index in [4.69, 9.17) is 9.84 Å². The van der Waals surface area contributed by atoms with Crippen LogP contribution >= 0.6 is 0 Å². The highest BCUT2D eigenvalue weighted by Crippen LogP contribution is 2.17. The van der Waals surface area contributed by atoms with Crippen LogP contribution in [0.2, 0.25) is 0 Å².